The summed E-state index contributed by atoms with van der Waals surface area (Å²) in [6, 6.07) is 6.85. The summed E-state index contributed by atoms with van der Waals surface area (Å²) in [5, 5.41) is 8.27. The summed E-state index contributed by atoms with van der Waals surface area (Å²) < 4.78 is 14.2. The Bertz CT molecular complexity index is 1170. The Balaban J connectivity index is 2.05. The number of anilines is 2. The highest BCUT2D eigenvalue weighted by atomic mass is 19.1. The molecule has 1 aromatic carbocycles. The van der Waals surface area contributed by atoms with Gasteiger partial charge in [-0.05, 0) is 31.9 Å². The number of hydrogen-bond donors (Lipinski definition) is 5. The number of carbonyl (C=O) groups is 2. The maximum absolute atomic E-state index is 14.2. The van der Waals surface area contributed by atoms with Crippen LogP contribution in [0.5, 0.6) is 0 Å². The summed E-state index contributed by atoms with van der Waals surface area (Å²) >= 11 is 0. The SMILES string of the molecule is CNC(=O)/C(N)=C(/C=C(\N)NC(=O)C1CC1)Nc1cccc(-c2cnc(C)c(F)c2)c1N(C)C. The van der Waals surface area contributed by atoms with Gasteiger partial charge in [-0.25, -0.2) is 4.39 Å². The standard InChI is InChI=1S/C24H30FN7O2/c1-13-17(25)10-15(12-29-13)16-6-5-7-18(22(16)32(3)4)30-19(21(27)24(34)28-2)11-20(26)31-23(33)14-8-9-14/h5-7,10-12,14,30H,8-9,26-27H2,1-4H3,(H,28,34)(H,31,33)/b20-11+,21-19+. The van der Waals surface area contributed by atoms with E-state index in [1.165, 1.54) is 19.2 Å². The van der Waals surface area contributed by atoms with E-state index in [4.69, 9.17) is 11.5 Å². The van der Waals surface area contributed by atoms with E-state index in [1.54, 1.807) is 25.3 Å². The Morgan fingerprint density at radius 1 is 1.24 bits per heavy atom. The zero-order chi connectivity index (χ0) is 25.0. The molecule has 9 nitrogen and oxygen atoms in total. The van der Waals surface area contributed by atoms with Crippen LogP contribution >= 0.6 is 0 Å². The van der Waals surface area contributed by atoms with Gasteiger partial charge in [0.15, 0.2) is 0 Å². The monoisotopic (exact) mass is 467 g/mol. The molecular formula is C24H30FN7O2. The summed E-state index contributed by atoms with van der Waals surface area (Å²) in [6.45, 7) is 1.60. The first kappa shape index (κ1) is 24.6. The molecule has 1 saturated carbocycles. The average Bonchev–Trinajstić information content (AvgIpc) is 3.64. The van der Waals surface area contributed by atoms with Crippen LogP contribution in [0.2, 0.25) is 0 Å². The molecule has 0 unspecified atom stereocenters. The zero-order valence-corrected chi connectivity index (χ0v) is 19.7. The van der Waals surface area contributed by atoms with Gasteiger partial charge in [-0.1, -0.05) is 12.1 Å². The van der Waals surface area contributed by atoms with Crippen molar-refractivity contribution >= 4 is 23.2 Å². The minimum Gasteiger partial charge on any atom is -0.393 e. The van der Waals surface area contributed by atoms with Gasteiger partial charge in [-0.3, -0.25) is 14.6 Å². The lowest BCUT2D eigenvalue weighted by atomic mass is 10.0. The highest BCUT2D eigenvalue weighted by Crippen LogP contribution is 2.37. The molecule has 1 aromatic heterocycles. The number of halogens is 1. The molecule has 1 fully saturated rings. The molecule has 0 bridgehead atoms. The molecule has 180 valence electrons. The van der Waals surface area contributed by atoms with Gasteiger partial charge in [-0.2, -0.15) is 0 Å². The molecule has 2 amide bonds. The molecule has 0 aliphatic heterocycles. The lowest BCUT2D eigenvalue weighted by molar-refractivity contribution is -0.121. The minimum atomic E-state index is -0.521. The summed E-state index contributed by atoms with van der Waals surface area (Å²) in [6.07, 6.45) is 4.66. The topological polar surface area (TPSA) is 138 Å². The third-order valence-corrected chi connectivity index (χ3v) is 5.37. The summed E-state index contributed by atoms with van der Waals surface area (Å²) in [5.41, 5.74) is 15.1. The van der Waals surface area contributed by atoms with E-state index >= 15 is 0 Å². The Morgan fingerprint density at radius 3 is 2.53 bits per heavy atom. The van der Waals surface area contributed by atoms with E-state index in [1.807, 2.05) is 25.1 Å². The van der Waals surface area contributed by atoms with Gasteiger partial charge >= 0.3 is 0 Å². The van der Waals surface area contributed by atoms with Crippen molar-refractivity contribution in [3.63, 3.8) is 0 Å². The average molecular weight is 468 g/mol. The fourth-order valence-corrected chi connectivity index (χ4v) is 3.38. The number of allylic oxidation sites excluding steroid dienone is 1. The van der Waals surface area contributed by atoms with E-state index in [0.717, 1.165) is 18.4 Å². The lowest BCUT2D eigenvalue weighted by Crippen LogP contribution is -2.31. The van der Waals surface area contributed by atoms with Crippen molar-refractivity contribution in [2.75, 3.05) is 31.4 Å². The number of amides is 2. The summed E-state index contributed by atoms with van der Waals surface area (Å²) in [7, 11) is 5.14. The molecule has 34 heavy (non-hydrogen) atoms. The van der Waals surface area contributed by atoms with Gasteiger partial charge in [0.05, 0.1) is 22.8 Å². The second-order valence-electron chi connectivity index (χ2n) is 8.28. The van der Waals surface area contributed by atoms with Crippen molar-refractivity contribution in [2.24, 2.45) is 17.4 Å². The molecule has 2 aromatic rings. The van der Waals surface area contributed by atoms with Crippen LogP contribution in [0.1, 0.15) is 18.5 Å². The van der Waals surface area contributed by atoms with Crippen LogP contribution in [0, 0.1) is 18.7 Å². The quantitative estimate of drug-likeness (QED) is 0.295. The lowest BCUT2D eigenvalue weighted by Gasteiger charge is -2.23. The number of hydrogen-bond acceptors (Lipinski definition) is 7. The zero-order valence-electron chi connectivity index (χ0n) is 19.7. The van der Waals surface area contributed by atoms with Crippen molar-refractivity contribution in [3.05, 3.63) is 65.3 Å². The van der Waals surface area contributed by atoms with Crippen molar-refractivity contribution in [3.8, 4) is 11.1 Å². The van der Waals surface area contributed by atoms with Crippen molar-refractivity contribution in [2.45, 2.75) is 19.8 Å². The molecule has 3 rings (SSSR count). The highest BCUT2D eigenvalue weighted by molar-refractivity contribution is 5.95. The van der Waals surface area contributed by atoms with Crippen molar-refractivity contribution in [1.82, 2.24) is 15.6 Å². The number of pyridine rings is 1. The number of aromatic nitrogens is 1. The van der Waals surface area contributed by atoms with Crippen LogP contribution in [0.25, 0.3) is 11.1 Å². The smallest absolute Gasteiger partial charge is 0.269 e. The van der Waals surface area contributed by atoms with Crippen LogP contribution in [-0.2, 0) is 9.59 Å². The number of rotatable bonds is 8. The fourth-order valence-electron chi connectivity index (χ4n) is 3.38. The number of likely N-dealkylation sites (N-methyl/N-ethyl adjacent to an activating group) is 1. The fraction of sp³-hybridized carbons (Fsp3) is 0.292. The van der Waals surface area contributed by atoms with E-state index in [9.17, 15) is 14.0 Å². The van der Waals surface area contributed by atoms with E-state index in [2.05, 4.69) is 20.9 Å². The first-order valence-corrected chi connectivity index (χ1v) is 10.8. The largest absolute Gasteiger partial charge is 0.393 e. The molecule has 10 heteroatoms. The maximum Gasteiger partial charge on any atom is 0.269 e. The molecule has 1 aliphatic carbocycles. The number of benzene rings is 1. The van der Waals surface area contributed by atoms with Crippen LogP contribution < -0.4 is 32.3 Å². The first-order valence-electron chi connectivity index (χ1n) is 10.8. The molecule has 0 saturated heterocycles. The van der Waals surface area contributed by atoms with Crippen LogP contribution in [0.3, 0.4) is 0 Å². The van der Waals surface area contributed by atoms with Gasteiger partial charge < -0.3 is 32.3 Å². The molecule has 0 spiro atoms. The molecule has 1 aliphatic rings. The Hall–Kier alpha value is -4.08. The maximum atomic E-state index is 14.2. The molecule has 1 heterocycles. The predicted molar refractivity (Wildman–Crippen MR) is 131 cm³/mol. The van der Waals surface area contributed by atoms with E-state index in [0.29, 0.717) is 22.6 Å². The summed E-state index contributed by atoms with van der Waals surface area (Å²) in [4.78, 5) is 30.4. The van der Waals surface area contributed by atoms with Gasteiger partial charge in [-0.15, -0.1) is 0 Å². The highest BCUT2D eigenvalue weighted by Gasteiger charge is 2.29. The number of aryl methyl sites for hydroxylation is 1. The van der Waals surface area contributed by atoms with E-state index < -0.39 is 11.7 Å². The molecule has 7 N–H and O–H groups in total. The Kier molecular flexibility index (Phi) is 7.40. The van der Waals surface area contributed by atoms with E-state index in [-0.39, 0.29) is 29.0 Å². The molecular weight excluding hydrogens is 437 g/mol. The predicted octanol–water partition coefficient (Wildman–Crippen LogP) is 1.92. The van der Waals surface area contributed by atoms with Crippen LogP contribution in [0.4, 0.5) is 15.8 Å². The number of nitrogens with zero attached hydrogens (tertiary/aromatic N) is 2. The molecule has 0 atom stereocenters. The number of para-hydroxylation sites is 1. The van der Waals surface area contributed by atoms with Gasteiger partial charge in [0.25, 0.3) is 5.91 Å². The number of carbonyl (C=O) groups excluding carboxylic acids is 2. The number of nitrogens with one attached hydrogen (secondary N) is 3. The Morgan fingerprint density at radius 2 is 1.94 bits per heavy atom. The third-order valence-electron chi connectivity index (χ3n) is 5.37. The van der Waals surface area contributed by atoms with Crippen molar-refractivity contribution in [1.29, 1.82) is 0 Å². The van der Waals surface area contributed by atoms with Crippen molar-refractivity contribution < 1.29 is 14.0 Å². The normalized spacial score (nSPS) is 14.2. The number of nitrogens with two attached hydrogens (primary N) is 2. The van der Waals surface area contributed by atoms with Gasteiger partial charge in [0, 0.05) is 50.5 Å². The van der Waals surface area contributed by atoms with Crippen LogP contribution in [-0.4, -0.2) is 37.9 Å². The second kappa shape index (κ2) is 10.2. The summed E-state index contributed by atoms with van der Waals surface area (Å²) in [5.74, 6) is -1.08. The van der Waals surface area contributed by atoms with Gasteiger partial charge in [0.1, 0.15) is 17.3 Å². The minimum absolute atomic E-state index is 0.0378. The molecule has 0 radical (unpaired) electrons. The Labute approximate surface area is 198 Å². The third kappa shape index (κ3) is 5.64. The second-order valence-corrected chi connectivity index (χ2v) is 8.28. The van der Waals surface area contributed by atoms with Gasteiger partial charge in [0.2, 0.25) is 5.91 Å². The first-order chi connectivity index (χ1) is 16.1. The van der Waals surface area contributed by atoms with Crippen LogP contribution in [0.15, 0.2) is 53.8 Å².